The Kier molecular flexibility index (Phi) is 7.20. The Balaban J connectivity index is 0.00000180. The summed E-state index contributed by atoms with van der Waals surface area (Å²) >= 11 is 1.63. The van der Waals surface area contributed by atoms with E-state index in [9.17, 15) is 9.18 Å². The van der Waals surface area contributed by atoms with Gasteiger partial charge in [0, 0.05) is 31.1 Å². The Bertz CT molecular complexity index is 415. The highest BCUT2D eigenvalue weighted by atomic mass is 35.5. The minimum atomic E-state index is -0.158. The Labute approximate surface area is 123 Å². The molecule has 2 N–H and O–H groups in total. The summed E-state index contributed by atoms with van der Waals surface area (Å²) in [6.45, 7) is 2.22. The van der Waals surface area contributed by atoms with Crippen molar-refractivity contribution in [2.24, 2.45) is 5.92 Å². The van der Waals surface area contributed by atoms with E-state index in [1.54, 1.807) is 23.9 Å². The summed E-state index contributed by atoms with van der Waals surface area (Å²) in [7, 11) is 0. The number of halogens is 2. The van der Waals surface area contributed by atoms with E-state index in [1.807, 2.05) is 6.07 Å². The minimum Gasteiger partial charge on any atom is -0.355 e. The van der Waals surface area contributed by atoms with E-state index >= 15 is 0 Å². The lowest BCUT2D eigenvalue weighted by molar-refractivity contribution is -0.126. The van der Waals surface area contributed by atoms with Gasteiger partial charge in [0.15, 0.2) is 0 Å². The summed E-state index contributed by atoms with van der Waals surface area (Å²) in [4.78, 5) is 11.5. The molecule has 0 unspecified atom stereocenters. The van der Waals surface area contributed by atoms with Gasteiger partial charge in [0.25, 0.3) is 0 Å². The number of hydrogen-bond acceptors (Lipinski definition) is 3. The lowest BCUT2D eigenvalue weighted by atomic mass is 10.0. The Hall–Kier alpha value is -0.780. The van der Waals surface area contributed by atoms with E-state index in [1.165, 1.54) is 6.07 Å². The molecule has 1 aromatic rings. The summed E-state index contributed by atoms with van der Waals surface area (Å²) in [5, 5.41) is 5.96. The predicted molar refractivity (Wildman–Crippen MR) is 79.2 cm³/mol. The smallest absolute Gasteiger partial charge is 0.225 e. The molecule has 0 bridgehead atoms. The van der Waals surface area contributed by atoms with Gasteiger partial charge in [-0.3, -0.25) is 4.79 Å². The molecular weight excluding hydrogens is 287 g/mol. The molecule has 2 rings (SSSR count). The van der Waals surface area contributed by atoms with Crippen LogP contribution in [0, 0.1) is 11.7 Å². The van der Waals surface area contributed by atoms with E-state index in [-0.39, 0.29) is 30.0 Å². The molecule has 6 heteroatoms. The zero-order valence-electron chi connectivity index (χ0n) is 10.5. The SMILES string of the molecule is Cl.O=C(NCCSCc1ccccc1F)C1CNC1. The van der Waals surface area contributed by atoms with E-state index in [2.05, 4.69) is 10.6 Å². The van der Waals surface area contributed by atoms with E-state index in [0.717, 1.165) is 24.4 Å². The van der Waals surface area contributed by atoms with Crippen molar-refractivity contribution >= 4 is 30.1 Å². The van der Waals surface area contributed by atoms with Crippen LogP contribution >= 0.6 is 24.2 Å². The summed E-state index contributed by atoms with van der Waals surface area (Å²) in [6, 6.07) is 6.79. The van der Waals surface area contributed by atoms with Crippen LogP contribution in [0.15, 0.2) is 24.3 Å². The first kappa shape index (κ1) is 16.3. The number of rotatable bonds is 6. The molecule has 0 spiro atoms. The maximum absolute atomic E-state index is 13.3. The maximum Gasteiger partial charge on any atom is 0.225 e. The molecule has 1 heterocycles. The summed E-state index contributed by atoms with van der Waals surface area (Å²) in [6.07, 6.45) is 0. The molecular formula is C13H18ClFN2OS. The van der Waals surface area contributed by atoms with Crippen LogP contribution in [0.25, 0.3) is 0 Å². The number of nitrogens with one attached hydrogen (secondary N) is 2. The van der Waals surface area contributed by atoms with Gasteiger partial charge >= 0.3 is 0 Å². The van der Waals surface area contributed by atoms with E-state index in [0.29, 0.717) is 12.3 Å². The quantitative estimate of drug-likeness (QED) is 0.788. The third kappa shape index (κ3) is 5.01. The monoisotopic (exact) mass is 304 g/mol. The molecule has 1 aliphatic heterocycles. The standard InChI is InChI=1S/C13H17FN2OS.ClH/c14-12-4-2-1-3-10(12)9-18-6-5-16-13(17)11-7-15-8-11;/h1-4,11,15H,5-9H2,(H,16,17);1H. The summed E-state index contributed by atoms with van der Waals surface area (Å²) in [5.74, 6) is 1.56. The van der Waals surface area contributed by atoms with E-state index < -0.39 is 0 Å². The summed E-state index contributed by atoms with van der Waals surface area (Å²) < 4.78 is 13.3. The largest absolute Gasteiger partial charge is 0.355 e. The van der Waals surface area contributed by atoms with Gasteiger partial charge < -0.3 is 10.6 Å². The topological polar surface area (TPSA) is 41.1 Å². The molecule has 3 nitrogen and oxygen atoms in total. The molecule has 0 aromatic heterocycles. The highest BCUT2D eigenvalue weighted by molar-refractivity contribution is 7.98. The average molecular weight is 305 g/mol. The molecule has 1 aromatic carbocycles. The Morgan fingerprint density at radius 3 is 2.79 bits per heavy atom. The molecule has 0 saturated carbocycles. The van der Waals surface area contributed by atoms with Crippen molar-refractivity contribution in [2.45, 2.75) is 5.75 Å². The van der Waals surface area contributed by atoms with Gasteiger partial charge in [0.05, 0.1) is 5.92 Å². The molecule has 106 valence electrons. The van der Waals surface area contributed by atoms with Gasteiger partial charge in [0.2, 0.25) is 5.91 Å². The van der Waals surface area contributed by atoms with Crippen LogP contribution in [0.4, 0.5) is 4.39 Å². The van der Waals surface area contributed by atoms with Crippen molar-refractivity contribution in [2.75, 3.05) is 25.4 Å². The molecule has 0 aliphatic carbocycles. The molecule has 1 amide bonds. The number of carbonyl (C=O) groups is 1. The third-order valence-corrected chi connectivity index (χ3v) is 3.92. The van der Waals surface area contributed by atoms with Crippen LogP contribution in [0.1, 0.15) is 5.56 Å². The molecule has 1 saturated heterocycles. The van der Waals surface area contributed by atoms with Crippen molar-refractivity contribution in [3.63, 3.8) is 0 Å². The zero-order valence-corrected chi connectivity index (χ0v) is 12.2. The van der Waals surface area contributed by atoms with Crippen LogP contribution < -0.4 is 10.6 Å². The van der Waals surface area contributed by atoms with Crippen molar-refractivity contribution in [1.82, 2.24) is 10.6 Å². The predicted octanol–water partition coefficient (Wildman–Crippen LogP) is 1.82. The van der Waals surface area contributed by atoms with Gasteiger partial charge in [-0.15, -0.1) is 12.4 Å². The fourth-order valence-electron chi connectivity index (χ4n) is 1.66. The zero-order chi connectivity index (χ0) is 12.8. The van der Waals surface area contributed by atoms with E-state index in [4.69, 9.17) is 0 Å². The van der Waals surface area contributed by atoms with Gasteiger partial charge in [-0.2, -0.15) is 11.8 Å². The number of carbonyl (C=O) groups excluding carboxylic acids is 1. The molecule has 19 heavy (non-hydrogen) atoms. The number of thioether (sulfide) groups is 1. The molecule has 1 aliphatic rings. The molecule has 0 radical (unpaired) electrons. The highest BCUT2D eigenvalue weighted by Gasteiger charge is 2.23. The average Bonchev–Trinajstić information content (AvgIpc) is 2.28. The fraction of sp³-hybridized carbons (Fsp3) is 0.462. The van der Waals surface area contributed by atoms with Gasteiger partial charge in [0.1, 0.15) is 5.82 Å². The first-order valence-corrected chi connectivity index (χ1v) is 7.22. The normalized spacial score (nSPS) is 14.4. The molecule has 0 atom stereocenters. The second kappa shape index (κ2) is 8.40. The van der Waals surface area contributed by atoms with Crippen molar-refractivity contribution < 1.29 is 9.18 Å². The van der Waals surface area contributed by atoms with Crippen LogP contribution in [-0.2, 0) is 10.5 Å². The number of amides is 1. The van der Waals surface area contributed by atoms with Gasteiger partial charge in [-0.1, -0.05) is 18.2 Å². The van der Waals surface area contributed by atoms with Crippen LogP contribution in [0.5, 0.6) is 0 Å². The first-order valence-electron chi connectivity index (χ1n) is 6.07. The second-order valence-electron chi connectivity index (χ2n) is 4.29. The van der Waals surface area contributed by atoms with Crippen LogP contribution in [0.3, 0.4) is 0 Å². The first-order chi connectivity index (χ1) is 8.77. The lowest BCUT2D eigenvalue weighted by Crippen LogP contribution is -2.51. The highest BCUT2D eigenvalue weighted by Crippen LogP contribution is 2.14. The number of hydrogen-bond donors (Lipinski definition) is 2. The van der Waals surface area contributed by atoms with Gasteiger partial charge in [-0.25, -0.2) is 4.39 Å². The van der Waals surface area contributed by atoms with Crippen molar-refractivity contribution in [3.8, 4) is 0 Å². The lowest BCUT2D eigenvalue weighted by Gasteiger charge is -2.25. The number of benzene rings is 1. The third-order valence-electron chi connectivity index (χ3n) is 2.91. The van der Waals surface area contributed by atoms with Crippen molar-refractivity contribution in [3.05, 3.63) is 35.6 Å². The Morgan fingerprint density at radius 1 is 1.42 bits per heavy atom. The minimum absolute atomic E-state index is 0. The van der Waals surface area contributed by atoms with Crippen molar-refractivity contribution in [1.29, 1.82) is 0 Å². The Morgan fingerprint density at radius 2 is 2.16 bits per heavy atom. The maximum atomic E-state index is 13.3. The van der Waals surface area contributed by atoms with Crippen LogP contribution in [-0.4, -0.2) is 31.3 Å². The fourth-order valence-corrected chi connectivity index (χ4v) is 2.51. The second-order valence-corrected chi connectivity index (χ2v) is 5.40. The molecule has 1 fully saturated rings. The van der Waals surface area contributed by atoms with Gasteiger partial charge in [-0.05, 0) is 11.6 Å². The summed E-state index contributed by atoms with van der Waals surface area (Å²) in [5.41, 5.74) is 0.719. The van der Waals surface area contributed by atoms with Crippen LogP contribution in [0.2, 0.25) is 0 Å².